The van der Waals surface area contributed by atoms with Gasteiger partial charge in [-0.1, -0.05) is 17.7 Å². The maximum atomic E-state index is 12.0. The minimum Gasteiger partial charge on any atom is -0.496 e. The lowest BCUT2D eigenvalue weighted by atomic mass is 10.0. The van der Waals surface area contributed by atoms with Gasteiger partial charge in [-0.3, -0.25) is 11.3 Å². The number of alkyl halides is 3. The summed E-state index contributed by atoms with van der Waals surface area (Å²) in [5.41, 5.74) is 4.64. The van der Waals surface area contributed by atoms with Gasteiger partial charge in [-0.05, 0) is 31.4 Å². The molecule has 1 aromatic rings. The Morgan fingerprint density at radius 2 is 2.05 bits per heavy atom. The standard InChI is InChI=1S/C14H21F3N2O2/c1-10-3-4-13(20-2)11(7-10)8-12(19-18)5-6-21-9-14(15,16)17/h3-4,7,12,19H,5-6,8-9,18H2,1-2H3. The molecule has 0 saturated heterocycles. The summed E-state index contributed by atoms with van der Waals surface area (Å²) in [4.78, 5) is 0. The van der Waals surface area contributed by atoms with Crippen LogP contribution < -0.4 is 16.0 Å². The number of rotatable bonds is 8. The molecule has 0 aliphatic carbocycles. The van der Waals surface area contributed by atoms with Crippen LogP contribution in [0.4, 0.5) is 13.2 Å². The molecule has 0 aliphatic heterocycles. The van der Waals surface area contributed by atoms with Gasteiger partial charge >= 0.3 is 6.18 Å². The molecule has 120 valence electrons. The van der Waals surface area contributed by atoms with E-state index < -0.39 is 12.8 Å². The van der Waals surface area contributed by atoms with Gasteiger partial charge in [-0.2, -0.15) is 13.2 Å². The number of benzene rings is 1. The Hall–Kier alpha value is -1.31. The first-order valence-electron chi connectivity index (χ1n) is 6.60. The summed E-state index contributed by atoms with van der Waals surface area (Å²) in [6, 6.07) is 5.58. The first kappa shape index (κ1) is 17.7. The van der Waals surface area contributed by atoms with Crippen molar-refractivity contribution in [2.24, 2.45) is 5.84 Å². The smallest absolute Gasteiger partial charge is 0.411 e. The Morgan fingerprint density at radius 3 is 2.62 bits per heavy atom. The lowest BCUT2D eigenvalue weighted by Gasteiger charge is -2.18. The zero-order valence-corrected chi connectivity index (χ0v) is 12.2. The molecule has 4 nitrogen and oxygen atoms in total. The topological polar surface area (TPSA) is 56.5 Å². The van der Waals surface area contributed by atoms with Crippen molar-refractivity contribution in [1.29, 1.82) is 0 Å². The van der Waals surface area contributed by atoms with Crippen LogP contribution in [0.1, 0.15) is 17.5 Å². The molecule has 7 heteroatoms. The molecule has 0 aromatic heterocycles. The highest BCUT2D eigenvalue weighted by molar-refractivity contribution is 5.37. The molecule has 1 atom stereocenters. The van der Waals surface area contributed by atoms with Crippen molar-refractivity contribution in [3.05, 3.63) is 29.3 Å². The average Bonchev–Trinajstić information content (AvgIpc) is 2.41. The van der Waals surface area contributed by atoms with Crippen LogP contribution in [0.25, 0.3) is 0 Å². The number of hydrogen-bond acceptors (Lipinski definition) is 4. The van der Waals surface area contributed by atoms with E-state index in [0.29, 0.717) is 12.8 Å². The van der Waals surface area contributed by atoms with Crippen molar-refractivity contribution in [1.82, 2.24) is 5.43 Å². The van der Waals surface area contributed by atoms with Crippen LogP contribution in [-0.2, 0) is 11.2 Å². The van der Waals surface area contributed by atoms with Crippen LogP contribution in [-0.4, -0.2) is 32.5 Å². The molecule has 21 heavy (non-hydrogen) atoms. The molecule has 3 N–H and O–H groups in total. The van der Waals surface area contributed by atoms with Gasteiger partial charge in [-0.25, -0.2) is 0 Å². The number of methoxy groups -OCH3 is 1. The summed E-state index contributed by atoms with van der Waals surface area (Å²) >= 11 is 0. The van der Waals surface area contributed by atoms with Crippen LogP contribution in [0.3, 0.4) is 0 Å². The Kier molecular flexibility index (Phi) is 6.94. The molecule has 1 rings (SSSR count). The number of hydrazine groups is 1. The lowest BCUT2D eigenvalue weighted by molar-refractivity contribution is -0.174. The Labute approximate surface area is 122 Å². The van der Waals surface area contributed by atoms with E-state index in [1.165, 1.54) is 0 Å². The quantitative estimate of drug-likeness (QED) is 0.440. The summed E-state index contributed by atoms with van der Waals surface area (Å²) in [6.07, 6.45) is -3.37. The molecule has 1 aromatic carbocycles. The van der Waals surface area contributed by atoms with Gasteiger partial charge in [0.1, 0.15) is 12.4 Å². The highest BCUT2D eigenvalue weighted by Gasteiger charge is 2.27. The number of aryl methyl sites for hydroxylation is 1. The van der Waals surface area contributed by atoms with E-state index in [4.69, 9.17) is 10.6 Å². The van der Waals surface area contributed by atoms with Crippen molar-refractivity contribution in [3.63, 3.8) is 0 Å². The fraction of sp³-hybridized carbons (Fsp3) is 0.571. The molecular formula is C14H21F3N2O2. The molecule has 0 bridgehead atoms. The Bertz CT molecular complexity index is 439. The van der Waals surface area contributed by atoms with Crippen molar-refractivity contribution in [3.8, 4) is 5.75 Å². The minimum absolute atomic E-state index is 0.0114. The summed E-state index contributed by atoms with van der Waals surface area (Å²) in [6.45, 7) is 0.709. The summed E-state index contributed by atoms with van der Waals surface area (Å²) < 4.78 is 45.8. The molecule has 0 heterocycles. The first-order chi connectivity index (χ1) is 9.85. The summed E-state index contributed by atoms with van der Waals surface area (Å²) in [5, 5.41) is 0. The number of hydrogen-bond donors (Lipinski definition) is 2. The van der Waals surface area contributed by atoms with Gasteiger partial charge in [0.2, 0.25) is 0 Å². The van der Waals surface area contributed by atoms with Gasteiger partial charge in [0, 0.05) is 12.6 Å². The second kappa shape index (κ2) is 8.21. The monoisotopic (exact) mass is 306 g/mol. The van der Waals surface area contributed by atoms with Crippen LogP contribution in [0.15, 0.2) is 18.2 Å². The third-order valence-corrected chi connectivity index (χ3v) is 3.01. The molecule has 0 amide bonds. The first-order valence-corrected chi connectivity index (χ1v) is 6.60. The van der Waals surface area contributed by atoms with E-state index in [2.05, 4.69) is 10.2 Å². The molecule has 0 radical (unpaired) electrons. The number of halogens is 3. The predicted molar refractivity (Wildman–Crippen MR) is 74.0 cm³/mol. The molecule has 0 spiro atoms. The average molecular weight is 306 g/mol. The van der Waals surface area contributed by atoms with E-state index >= 15 is 0 Å². The third kappa shape index (κ3) is 6.79. The fourth-order valence-electron chi connectivity index (χ4n) is 1.99. The van der Waals surface area contributed by atoms with Crippen LogP contribution >= 0.6 is 0 Å². The van der Waals surface area contributed by atoms with E-state index in [1.54, 1.807) is 7.11 Å². The second-order valence-corrected chi connectivity index (χ2v) is 4.84. The number of nitrogens with one attached hydrogen (secondary N) is 1. The number of nitrogens with two attached hydrogens (primary N) is 1. The molecular weight excluding hydrogens is 285 g/mol. The molecule has 0 saturated carbocycles. The van der Waals surface area contributed by atoms with Gasteiger partial charge in [0.15, 0.2) is 0 Å². The van der Waals surface area contributed by atoms with Gasteiger partial charge in [0.05, 0.1) is 7.11 Å². The lowest BCUT2D eigenvalue weighted by Crippen LogP contribution is -2.38. The number of ether oxygens (including phenoxy) is 2. The molecule has 0 aliphatic rings. The maximum absolute atomic E-state index is 12.0. The summed E-state index contributed by atoms with van der Waals surface area (Å²) in [5.74, 6) is 6.18. The van der Waals surface area contributed by atoms with E-state index in [9.17, 15) is 13.2 Å². The predicted octanol–water partition coefficient (Wildman–Crippen LogP) is 2.35. The zero-order chi connectivity index (χ0) is 15.9. The molecule has 0 fully saturated rings. The van der Waals surface area contributed by atoms with Crippen LogP contribution in [0.2, 0.25) is 0 Å². The minimum atomic E-state index is -4.30. The van der Waals surface area contributed by atoms with Gasteiger partial charge in [0.25, 0.3) is 0 Å². The Morgan fingerprint density at radius 1 is 1.33 bits per heavy atom. The van der Waals surface area contributed by atoms with Crippen molar-refractivity contribution >= 4 is 0 Å². The fourth-order valence-corrected chi connectivity index (χ4v) is 1.99. The normalized spacial score (nSPS) is 13.2. The Balaban J connectivity index is 2.52. The van der Waals surface area contributed by atoms with Crippen molar-refractivity contribution < 1.29 is 22.6 Å². The maximum Gasteiger partial charge on any atom is 0.411 e. The highest BCUT2D eigenvalue weighted by Crippen LogP contribution is 2.22. The van der Waals surface area contributed by atoms with Crippen molar-refractivity contribution in [2.75, 3.05) is 20.3 Å². The summed E-state index contributed by atoms with van der Waals surface area (Å²) in [7, 11) is 1.57. The van der Waals surface area contributed by atoms with E-state index in [-0.39, 0.29) is 12.6 Å². The van der Waals surface area contributed by atoms with Gasteiger partial charge < -0.3 is 9.47 Å². The van der Waals surface area contributed by atoms with E-state index in [0.717, 1.165) is 16.9 Å². The largest absolute Gasteiger partial charge is 0.496 e. The van der Waals surface area contributed by atoms with Gasteiger partial charge in [-0.15, -0.1) is 0 Å². The van der Waals surface area contributed by atoms with Crippen molar-refractivity contribution in [2.45, 2.75) is 32.0 Å². The second-order valence-electron chi connectivity index (χ2n) is 4.84. The van der Waals surface area contributed by atoms with E-state index in [1.807, 2.05) is 25.1 Å². The molecule has 1 unspecified atom stereocenters. The SMILES string of the molecule is COc1ccc(C)cc1CC(CCOCC(F)(F)F)NN. The third-order valence-electron chi connectivity index (χ3n) is 3.01. The highest BCUT2D eigenvalue weighted by atomic mass is 19.4. The van der Waals surface area contributed by atoms with Crippen LogP contribution in [0, 0.1) is 6.92 Å². The zero-order valence-electron chi connectivity index (χ0n) is 12.2. The van der Waals surface area contributed by atoms with Crippen LogP contribution in [0.5, 0.6) is 5.75 Å².